The fourth-order valence-electron chi connectivity index (χ4n) is 3.67. The zero-order chi connectivity index (χ0) is 14.2. The van der Waals surface area contributed by atoms with Crippen LogP contribution in [0.4, 0.5) is 0 Å². The molecule has 3 nitrogen and oxygen atoms in total. The Morgan fingerprint density at radius 2 is 2.14 bits per heavy atom. The zero-order valence-electron chi connectivity index (χ0n) is 12.0. The lowest BCUT2D eigenvalue weighted by molar-refractivity contribution is 0.254. The Kier molecular flexibility index (Phi) is 3.48. The highest BCUT2D eigenvalue weighted by atomic mass is 35.5. The number of hydrogen-bond donors (Lipinski definition) is 2. The number of aromatic amines is 1. The maximum atomic E-state index is 6.07. The summed E-state index contributed by atoms with van der Waals surface area (Å²) in [5, 5.41) is 11.9. The molecular weight excluding hydrogens is 282 g/mol. The van der Waals surface area contributed by atoms with Crippen molar-refractivity contribution in [3.63, 3.8) is 0 Å². The van der Waals surface area contributed by atoms with Gasteiger partial charge in [0.15, 0.2) is 0 Å². The minimum Gasteiger partial charge on any atom is -0.311 e. The van der Waals surface area contributed by atoms with Crippen molar-refractivity contribution in [3.05, 3.63) is 52.3 Å². The lowest BCUT2D eigenvalue weighted by atomic mass is 9.75. The van der Waals surface area contributed by atoms with Gasteiger partial charge in [0.05, 0.1) is 6.20 Å². The van der Waals surface area contributed by atoms with E-state index in [0.717, 1.165) is 17.9 Å². The van der Waals surface area contributed by atoms with Gasteiger partial charge in [-0.05, 0) is 54.9 Å². The van der Waals surface area contributed by atoms with Crippen molar-refractivity contribution >= 4 is 11.6 Å². The number of rotatable bonds is 3. The third kappa shape index (κ3) is 2.72. The van der Waals surface area contributed by atoms with Crippen molar-refractivity contribution in [2.45, 2.75) is 50.1 Å². The van der Waals surface area contributed by atoms with Crippen molar-refractivity contribution in [2.24, 2.45) is 0 Å². The Bertz CT molecular complexity index is 630. The van der Waals surface area contributed by atoms with Gasteiger partial charge in [0, 0.05) is 29.2 Å². The molecule has 0 unspecified atom stereocenters. The number of nitrogens with one attached hydrogen (secondary N) is 2. The number of benzene rings is 1. The number of hydrogen-bond acceptors (Lipinski definition) is 2. The third-order valence-corrected chi connectivity index (χ3v) is 5.18. The monoisotopic (exact) mass is 301 g/mol. The molecule has 1 aromatic carbocycles. The van der Waals surface area contributed by atoms with Crippen LogP contribution in [0.5, 0.6) is 0 Å². The van der Waals surface area contributed by atoms with E-state index in [4.69, 9.17) is 11.6 Å². The summed E-state index contributed by atoms with van der Waals surface area (Å²) in [6, 6.07) is 9.57. The summed E-state index contributed by atoms with van der Waals surface area (Å²) >= 11 is 6.07. The Morgan fingerprint density at radius 3 is 3.00 bits per heavy atom. The van der Waals surface area contributed by atoms with E-state index in [2.05, 4.69) is 33.7 Å². The van der Waals surface area contributed by atoms with Gasteiger partial charge in [-0.15, -0.1) is 0 Å². The maximum absolute atomic E-state index is 6.07. The molecule has 2 N–H and O–H groups in total. The van der Waals surface area contributed by atoms with Crippen LogP contribution in [0.2, 0.25) is 5.02 Å². The lowest BCUT2D eigenvalue weighted by Gasteiger charge is -2.39. The number of aryl methyl sites for hydroxylation is 1. The maximum Gasteiger partial charge on any atom is 0.0522 e. The minimum atomic E-state index is 0.600. The average Bonchev–Trinajstić information content (AvgIpc) is 2.89. The van der Waals surface area contributed by atoms with Gasteiger partial charge in [0.2, 0.25) is 0 Å². The summed E-state index contributed by atoms with van der Waals surface area (Å²) in [6.07, 6.45) is 7.90. The molecular formula is C17H20ClN3. The van der Waals surface area contributed by atoms with E-state index < -0.39 is 0 Å². The number of nitrogens with zero attached hydrogens (tertiary/aromatic N) is 1. The Hall–Kier alpha value is -1.32. The van der Waals surface area contributed by atoms with Crippen LogP contribution >= 0.6 is 11.6 Å². The fourth-order valence-corrected chi connectivity index (χ4v) is 3.87. The SMILES string of the molecule is Clc1cccc(C2CC(N[C@H]3CCc4cn[nH]c4C3)C2)c1. The van der Waals surface area contributed by atoms with Gasteiger partial charge in [-0.2, -0.15) is 5.10 Å². The highest BCUT2D eigenvalue weighted by molar-refractivity contribution is 6.30. The highest BCUT2D eigenvalue weighted by Crippen LogP contribution is 2.38. The highest BCUT2D eigenvalue weighted by Gasteiger charge is 2.32. The van der Waals surface area contributed by atoms with Crippen LogP contribution in [0.15, 0.2) is 30.5 Å². The van der Waals surface area contributed by atoms with Gasteiger partial charge in [-0.1, -0.05) is 23.7 Å². The summed E-state index contributed by atoms with van der Waals surface area (Å²) in [5.41, 5.74) is 4.11. The van der Waals surface area contributed by atoms with Crippen LogP contribution in [0.3, 0.4) is 0 Å². The molecule has 1 fully saturated rings. The summed E-state index contributed by atoms with van der Waals surface area (Å²) < 4.78 is 0. The van der Waals surface area contributed by atoms with E-state index >= 15 is 0 Å². The van der Waals surface area contributed by atoms with Crippen LogP contribution in [-0.2, 0) is 12.8 Å². The van der Waals surface area contributed by atoms with E-state index in [0.29, 0.717) is 18.0 Å². The second-order valence-electron chi connectivity index (χ2n) is 6.40. The Morgan fingerprint density at radius 1 is 1.24 bits per heavy atom. The molecule has 1 aromatic heterocycles. The molecule has 0 saturated heterocycles. The molecule has 2 aromatic rings. The normalized spacial score (nSPS) is 28.0. The van der Waals surface area contributed by atoms with E-state index in [1.54, 1.807) is 0 Å². The summed E-state index contributed by atoms with van der Waals surface area (Å²) in [7, 11) is 0. The second-order valence-corrected chi connectivity index (χ2v) is 6.84. The smallest absolute Gasteiger partial charge is 0.0522 e. The molecule has 1 heterocycles. The number of H-pyrrole nitrogens is 1. The molecule has 0 spiro atoms. The first-order valence-electron chi connectivity index (χ1n) is 7.80. The van der Waals surface area contributed by atoms with E-state index in [1.165, 1.54) is 36.1 Å². The minimum absolute atomic E-state index is 0.600. The molecule has 0 bridgehead atoms. The first kappa shape index (κ1) is 13.4. The molecule has 4 rings (SSSR count). The van der Waals surface area contributed by atoms with Crippen molar-refractivity contribution in [1.82, 2.24) is 15.5 Å². The summed E-state index contributed by atoms with van der Waals surface area (Å²) in [5.74, 6) is 0.674. The molecule has 2 aliphatic carbocycles. The standard InChI is InChI=1S/C17H20ClN3/c18-14-3-1-2-11(6-14)13-7-16(8-13)20-15-5-4-12-10-19-21-17(12)9-15/h1-3,6,10,13,15-16,20H,4-5,7-9H2,(H,19,21)/t13?,15-,16?/m0/s1. The Balaban J connectivity index is 1.31. The molecule has 21 heavy (non-hydrogen) atoms. The van der Waals surface area contributed by atoms with Gasteiger partial charge in [-0.25, -0.2) is 0 Å². The first-order chi connectivity index (χ1) is 10.3. The van der Waals surface area contributed by atoms with Crippen LogP contribution in [0, 0.1) is 0 Å². The number of halogens is 1. The summed E-state index contributed by atoms with van der Waals surface area (Å²) in [6.45, 7) is 0. The topological polar surface area (TPSA) is 40.7 Å². The molecule has 0 radical (unpaired) electrons. The average molecular weight is 302 g/mol. The number of fused-ring (bicyclic) bond motifs is 1. The van der Waals surface area contributed by atoms with E-state index in [-0.39, 0.29) is 0 Å². The molecule has 2 aliphatic rings. The largest absolute Gasteiger partial charge is 0.311 e. The fraction of sp³-hybridized carbons (Fsp3) is 0.471. The third-order valence-electron chi connectivity index (χ3n) is 4.95. The van der Waals surface area contributed by atoms with Crippen LogP contribution in [-0.4, -0.2) is 22.3 Å². The van der Waals surface area contributed by atoms with Crippen molar-refractivity contribution < 1.29 is 0 Å². The van der Waals surface area contributed by atoms with Gasteiger partial charge >= 0.3 is 0 Å². The molecule has 4 heteroatoms. The van der Waals surface area contributed by atoms with Crippen LogP contribution < -0.4 is 5.32 Å². The van der Waals surface area contributed by atoms with Crippen molar-refractivity contribution in [3.8, 4) is 0 Å². The molecule has 0 aliphatic heterocycles. The lowest BCUT2D eigenvalue weighted by Crippen LogP contribution is -2.47. The van der Waals surface area contributed by atoms with E-state index in [1.807, 2.05) is 12.3 Å². The van der Waals surface area contributed by atoms with Crippen LogP contribution in [0.25, 0.3) is 0 Å². The number of aromatic nitrogens is 2. The van der Waals surface area contributed by atoms with Crippen molar-refractivity contribution in [1.29, 1.82) is 0 Å². The van der Waals surface area contributed by atoms with Gasteiger partial charge < -0.3 is 5.32 Å². The van der Waals surface area contributed by atoms with Gasteiger partial charge in [0.1, 0.15) is 0 Å². The summed E-state index contributed by atoms with van der Waals surface area (Å²) in [4.78, 5) is 0. The van der Waals surface area contributed by atoms with Crippen LogP contribution in [0.1, 0.15) is 42.0 Å². The van der Waals surface area contributed by atoms with Gasteiger partial charge in [-0.3, -0.25) is 5.10 Å². The predicted molar refractivity (Wildman–Crippen MR) is 84.8 cm³/mol. The van der Waals surface area contributed by atoms with Gasteiger partial charge in [0.25, 0.3) is 0 Å². The quantitative estimate of drug-likeness (QED) is 0.911. The Labute approximate surface area is 130 Å². The van der Waals surface area contributed by atoms with Crippen molar-refractivity contribution in [2.75, 3.05) is 0 Å². The second kappa shape index (κ2) is 5.47. The first-order valence-corrected chi connectivity index (χ1v) is 8.18. The van der Waals surface area contributed by atoms with E-state index in [9.17, 15) is 0 Å². The zero-order valence-corrected chi connectivity index (χ0v) is 12.7. The molecule has 1 saturated carbocycles. The molecule has 1 atom stereocenters. The molecule has 0 amide bonds. The molecule has 110 valence electrons. The predicted octanol–water partition coefficient (Wildman–Crippen LogP) is 3.46.